The SMILES string of the molecule is O=C(O)/C=C\C(=O)O.O=C(O)/C=C\C(=O)O.c1c[nH]cn1. The monoisotopic (exact) mass is 300 g/mol. The van der Waals surface area contributed by atoms with Crippen LogP contribution in [0.25, 0.3) is 0 Å². The van der Waals surface area contributed by atoms with Crippen molar-refractivity contribution in [2.75, 3.05) is 0 Å². The van der Waals surface area contributed by atoms with E-state index in [0.717, 1.165) is 0 Å². The molecule has 10 nitrogen and oxygen atoms in total. The van der Waals surface area contributed by atoms with E-state index in [-0.39, 0.29) is 0 Å². The van der Waals surface area contributed by atoms with Crippen LogP contribution in [0.1, 0.15) is 0 Å². The van der Waals surface area contributed by atoms with Gasteiger partial charge in [0.15, 0.2) is 0 Å². The molecule has 1 aromatic heterocycles. The van der Waals surface area contributed by atoms with Crippen LogP contribution >= 0.6 is 0 Å². The average Bonchev–Trinajstić information content (AvgIpc) is 2.93. The number of aromatic amines is 1. The highest BCUT2D eigenvalue weighted by atomic mass is 16.4. The first kappa shape index (κ1) is 19.9. The molecule has 0 fully saturated rings. The molecule has 0 atom stereocenters. The number of nitrogens with one attached hydrogen (secondary N) is 1. The van der Waals surface area contributed by atoms with Crippen LogP contribution in [0, 0.1) is 0 Å². The number of H-pyrrole nitrogens is 1. The van der Waals surface area contributed by atoms with Crippen molar-refractivity contribution in [2.45, 2.75) is 0 Å². The Hall–Kier alpha value is -3.43. The fourth-order valence-corrected chi connectivity index (χ4v) is 0.500. The van der Waals surface area contributed by atoms with Crippen molar-refractivity contribution in [3.63, 3.8) is 0 Å². The molecule has 0 aliphatic heterocycles. The summed E-state index contributed by atoms with van der Waals surface area (Å²) in [5, 5.41) is 31.2. The number of hydrogen-bond acceptors (Lipinski definition) is 5. The zero-order valence-corrected chi connectivity index (χ0v) is 10.4. The molecular formula is C11H12N2O8. The molecule has 1 rings (SSSR count). The molecule has 5 N–H and O–H groups in total. The number of aliphatic carboxylic acids is 4. The molecule has 0 aliphatic carbocycles. The Kier molecular flexibility index (Phi) is 12.3. The van der Waals surface area contributed by atoms with E-state index < -0.39 is 23.9 Å². The van der Waals surface area contributed by atoms with E-state index in [4.69, 9.17) is 20.4 Å². The first-order valence-corrected chi connectivity index (χ1v) is 4.96. The van der Waals surface area contributed by atoms with Gasteiger partial charge in [-0.15, -0.1) is 0 Å². The van der Waals surface area contributed by atoms with Crippen LogP contribution < -0.4 is 0 Å². The van der Waals surface area contributed by atoms with Gasteiger partial charge in [-0.25, -0.2) is 24.2 Å². The van der Waals surface area contributed by atoms with Crippen molar-refractivity contribution in [3.8, 4) is 0 Å². The lowest BCUT2D eigenvalue weighted by molar-refractivity contribution is -0.134. The molecular weight excluding hydrogens is 288 g/mol. The average molecular weight is 300 g/mol. The Morgan fingerprint density at radius 1 is 0.762 bits per heavy atom. The van der Waals surface area contributed by atoms with Crippen molar-refractivity contribution < 1.29 is 39.6 Å². The fourth-order valence-electron chi connectivity index (χ4n) is 0.500. The Balaban J connectivity index is 0. The first-order chi connectivity index (χ1) is 9.75. The lowest BCUT2D eigenvalue weighted by atomic mass is 10.5. The van der Waals surface area contributed by atoms with E-state index in [0.29, 0.717) is 24.3 Å². The van der Waals surface area contributed by atoms with Crippen LogP contribution in [0.4, 0.5) is 0 Å². The maximum Gasteiger partial charge on any atom is 0.328 e. The molecule has 114 valence electrons. The van der Waals surface area contributed by atoms with Crippen LogP contribution in [0.15, 0.2) is 43.0 Å². The number of carbonyl (C=O) groups is 4. The summed E-state index contributed by atoms with van der Waals surface area (Å²) in [5.74, 6) is -5.03. The predicted octanol–water partition coefficient (Wildman–Crippen LogP) is -0.167. The Morgan fingerprint density at radius 2 is 1.10 bits per heavy atom. The van der Waals surface area contributed by atoms with Gasteiger partial charge in [0.2, 0.25) is 0 Å². The molecule has 1 aromatic rings. The van der Waals surface area contributed by atoms with Gasteiger partial charge in [0.1, 0.15) is 0 Å². The maximum atomic E-state index is 9.55. The van der Waals surface area contributed by atoms with Crippen LogP contribution in [0.2, 0.25) is 0 Å². The van der Waals surface area contributed by atoms with E-state index in [1.807, 2.05) is 0 Å². The smallest absolute Gasteiger partial charge is 0.328 e. The highest BCUT2D eigenvalue weighted by molar-refractivity contribution is 5.90. The zero-order valence-electron chi connectivity index (χ0n) is 10.4. The molecule has 0 aromatic carbocycles. The number of imidazole rings is 1. The van der Waals surface area contributed by atoms with E-state index in [1.165, 1.54) is 0 Å². The summed E-state index contributed by atoms with van der Waals surface area (Å²) in [6.07, 6.45) is 7.31. The van der Waals surface area contributed by atoms with E-state index in [1.54, 1.807) is 18.7 Å². The summed E-state index contributed by atoms with van der Waals surface area (Å²) in [6.45, 7) is 0. The van der Waals surface area contributed by atoms with Gasteiger partial charge in [0.05, 0.1) is 6.33 Å². The lowest BCUT2D eigenvalue weighted by Gasteiger charge is -1.74. The highest BCUT2D eigenvalue weighted by Crippen LogP contribution is 1.71. The number of nitrogens with zero attached hydrogens (tertiary/aromatic N) is 1. The van der Waals surface area contributed by atoms with E-state index in [9.17, 15) is 19.2 Å². The standard InChI is InChI=1S/2C4H4O4.C3H4N2/c2*5-3(6)1-2-4(7)8;1-2-5-3-4-1/h2*1-2H,(H,5,6)(H,7,8);1-3H,(H,4,5)/b2*2-1-;. The quantitative estimate of drug-likeness (QED) is 0.472. The Morgan fingerprint density at radius 3 is 1.19 bits per heavy atom. The number of carboxylic acids is 4. The minimum absolute atomic E-state index is 0.558. The van der Waals surface area contributed by atoms with Crippen LogP contribution in [-0.2, 0) is 19.2 Å². The minimum atomic E-state index is -1.26. The summed E-state index contributed by atoms with van der Waals surface area (Å²) in [5.41, 5.74) is 0. The number of hydrogen-bond donors (Lipinski definition) is 5. The summed E-state index contributed by atoms with van der Waals surface area (Å²) in [7, 11) is 0. The fraction of sp³-hybridized carbons (Fsp3) is 0. The second kappa shape index (κ2) is 13.0. The molecule has 0 spiro atoms. The second-order valence-electron chi connectivity index (χ2n) is 2.78. The molecule has 0 saturated carbocycles. The van der Waals surface area contributed by atoms with Crippen molar-refractivity contribution in [1.82, 2.24) is 9.97 Å². The number of rotatable bonds is 4. The van der Waals surface area contributed by atoms with Gasteiger partial charge in [0, 0.05) is 36.7 Å². The van der Waals surface area contributed by atoms with E-state index >= 15 is 0 Å². The number of aromatic nitrogens is 2. The third-order valence-electron chi connectivity index (χ3n) is 1.14. The predicted molar refractivity (Wildman–Crippen MR) is 67.4 cm³/mol. The van der Waals surface area contributed by atoms with Crippen LogP contribution in [0.3, 0.4) is 0 Å². The zero-order chi connectivity index (χ0) is 16.7. The number of carboxylic acid groups (broad SMARTS) is 4. The summed E-state index contributed by atoms with van der Waals surface area (Å²) >= 11 is 0. The van der Waals surface area contributed by atoms with Crippen molar-refractivity contribution in [1.29, 1.82) is 0 Å². The lowest BCUT2D eigenvalue weighted by Crippen LogP contribution is -1.91. The van der Waals surface area contributed by atoms with Gasteiger partial charge in [-0.05, 0) is 0 Å². The molecule has 10 heteroatoms. The topological polar surface area (TPSA) is 178 Å². The minimum Gasteiger partial charge on any atom is -0.478 e. The van der Waals surface area contributed by atoms with Crippen molar-refractivity contribution in [3.05, 3.63) is 43.0 Å². The Labute approximate surface area is 117 Å². The third kappa shape index (κ3) is 26.3. The summed E-state index contributed by atoms with van der Waals surface area (Å²) < 4.78 is 0. The molecule has 21 heavy (non-hydrogen) atoms. The third-order valence-corrected chi connectivity index (χ3v) is 1.14. The second-order valence-corrected chi connectivity index (χ2v) is 2.78. The summed E-state index contributed by atoms with van der Waals surface area (Å²) in [6, 6.07) is 0. The van der Waals surface area contributed by atoms with Gasteiger partial charge in [-0.1, -0.05) is 0 Å². The molecule has 0 saturated heterocycles. The summed E-state index contributed by atoms with van der Waals surface area (Å²) in [4.78, 5) is 44.6. The van der Waals surface area contributed by atoms with Gasteiger partial charge in [-0.3, -0.25) is 0 Å². The van der Waals surface area contributed by atoms with Crippen molar-refractivity contribution >= 4 is 23.9 Å². The maximum absolute atomic E-state index is 9.55. The van der Waals surface area contributed by atoms with Crippen molar-refractivity contribution in [2.24, 2.45) is 0 Å². The molecule has 0 radical (unpaired) electrons. The molecule has 0 amide bonds. The molecule has 0 bridgehead atoms. The first-order valence-electron chi connectivity index (χ1n) is 4.96. The van der Waals surface area contributed by atoms with E-state index in [2.05, 4.69) is 9.97 Å². The van der Waals surface area contributed by atoms with Gasteiger partial charge >= 0.3 is 23.9 Å². The van der Waals surface area contributed by atoms with Gasteiger partial charge in [-0.2, -0.15) is 0 Å². The molecule has 1 heterocycles. The molecule has 0 aliphatic rings. The normalized spacial score (nSPS) is 9.14. The van der Waals surface area contributed by atoms with Gasteiger partial charge < -0.3 is 25.4 Å². The van der Waals surface area contributed by atoms with Crippen LogP contribution in [0.5, 0.6) is 0 Å². The van der Waals surface area contributed by atoms with Crippen LogP contribution in [-0.4, -0.2) is 54.3 Å². The van der Waals surface area contributed by atoms with Gasteiger partial charge in [0.25, 0.3) is 0 Å². The molecule has 0 unspecified atom stereocenters. The highest BCUT2D eigenvalue weighted by Gasteiger charge is 1.88. The largest absolute Gasteiger partial charge is 0.478 e. The Bertz CT molecular complexity index is 421.